The van der Waals surface area contributed by atoms with Gasteiger partial charge in [-0.25, -0.2) is 9.97 Å². The Bertz CT molecular complexity index is 618. The summed E-state index contributed by atoms with van der Waals surface area (Å²) in [7, 11) is 0. The van der Waals surface area contributed by atoms with Crippen LogP contribution in [-0.2, 0) is 4.74 Å². The Hall–Kier alpha value is -1.81. The highest BCUT2D eigenvalue weighted by atomic mass is 16.5. The van der Waals surface area contributed by atoms with Crippen molar-refractivity contribution in [2.75, 3.05) is 12.3 Å². The topological polar surface area (TPSA) is 150 Å². The van der Waals surface area contributed by atoms with Crippen molar-refractivity contribution in [1.82, 2.24) is 20.2 Å². The molecule has 0 unspecified atom stereocenters. The molecule has 108 valence electrons. The number of hydrogen-bond acceptors (Lipinski definition) is 8. The first kappa shape index (κ1) is 13.2. The van der Waals surface area contributed by atoms with Crippen molar-refractivity contribution < 1.29 is 20.1 Å². The summed E-state index contributed by atoms with van der Waals surface area (Å²) in [5, 5.41) is 35.6. The van der Waals surface area contributed by atoms with Crippen LogP contribution in [0, 0.1) is 0 Å². The third kappa shape index (κ3) is 1.91. The van der Waals surface area contributed by atoms with Crippen molar-refractivity contribution in [3.05, 3.63) is 12.0 Å². The van der Waals surface area contributed by atoms with E-state index in [0.717, 1.165) is 0 Å². The van der Waals surface area contributed by atoms with E-state index < -0.39 is 24.4 Å². The van der Waals surface area contributed by atoms with E-state index in [9.17, 15) is 10.2 Å². The first-order valence-corrected chi connectivity index (χ1v) is 6.20. The van der Waals surface area contributed by atoms with Crippen LogP contribution in [0.2, 0.25) is 0 Å². The van der Waals surface area contributed by atoms with Crippen LogP contribution in [0.3, 0.4) is 0 Å². The molecule has 9 nitrogen and oxygen atoms in total. The van der Waals surface area contributed by atoms with Gasteiger partial charge in [0, 0.05) is 6.61 Å². The predicted octanol–water partition coefficient (Wildman–Crippen LogP) is -1.52. The average molecular weight is 281 g/mol. The molecule has 0 aromatic carbocycles. The molecule has 0 spiro atoms. The Morgan fingerprint density at radius 1 is 1.25 bits per heavy atom. The standard InChI is InChI=1S/C11H15N5O4/c12-11-7-5(13-3-14-11)6(15-16-7)10-9(19)8(18)4(20-10)1-2-17/h3-4,8-10,17-19H,1-2H2,(H,15,16)(H2,12,13,14)/t4-,8-,9-,10+/m1/s1. The Morgan fingerprint density at radius 2 is 2.05 bits per heavy atom. The predicted molar refractivity (Wildman–Crippen MR) is 67.4 cm³/mol. The highest BCUT2D eigenvalue weighted by Crippen LogP contribution is 2.36. The smallest absolute Gasteiger partial charge is 0.155 e. The zero-order chi connectivity index (χ0) is 14.3. The molecule has 0 amide bonds. The van der Waals surface area contributed by atoms with Gasteiger partial charge >= 0.3 is 0 Å². The zero-order valence-electron chi connectivity index (χ0n) is 10.5. The molecular weight excluding hydrogens is 266 g/mol. The number of aromatic amines is 1. The maximum Gasteiger partial charge on any atom is 0.155 e. The summed E-state index contributed by atoms with van der Waals surface area (Å²) in [5.41, 5.74) is 6.95. The number of rotatable bonds is 3. The lowest BCUT2D eigenvalue weighted by molar-refractivity contribution is -0.00592. The van der Waals surface area contributed by atoms with Gasteiger partial charge in [-0.2, -0.15) is 5.10 Å². The number of nitrogens with one attached hydrogen (secondary N) is 1. The van der Waals surface area contributed by atoms with Crippen molar-refractivity contribution in [2.24, 2.45) is 0 Å². The van der Waals surface area contributed by atoms with E-state index in [-0.39, 0.29) is 18.8 Å². The fourth-order valence-corrected chi connectivity index (χ4v) is 2.42. The van der Waals surface area contributed by atoms with E-state index in [2.05, 4.69) is 20.2 Å². The van der Waals surface area contributed by atoms with Crippen molar-refractivity contribution in [2.45, 2.75) is 30.8 Å². The van der Waals surface area contributed by atoms with Gasteiger partial charge in [0.25, 0.3) is 0 Å². The second-order valence-corrected chi connectivity index (χ2v) is 4.68. The largest absolute Gasteiger partial charge is 0.396 e. The van der Waals surface area contributed by atoms with Crippen molar-refractivity contribution in [3.8, 4) is 0 Å². The number of H-pyrrole nitrogens is 1. The van der Waals surface area contributed by atoms with Crippen LogP contribution in [0.4, 0.5) is 5.82 Å². The first-order valence-electron chi connectivity index (χ1n) is 6.20. The molecule has 4 atom stereocenters. The fraction of sp³-hybridized carbons (Fsp3) is 0.545. The molecule has 0 radical (unpaired) electrons. The molecule has 0 saturated carbocycles. The zero-order valence-corrected chi connectivity index (χ0v) is 10.5. The molecular formula is C11H15N5O4. The maximum atomic E-state index is 10.1. The molecule has 6 N–H and O–H groups in total. The third-order valence-corrected chi connectivity index (χ3v) is 3.45. The molecule has 2 aromatic rings. The number of aliphatic hydroxyl groups is 3. The molecule has 1 aliphatic heterocycles. The van der Waals surface area contributed by atoms with Gasteiger partial charge in [-0.05, 0) is 6.42 Å². The van der Waals surface area contributed by atoms with Gasteiger partial charge in [-0.1, -0.05) is 0 Å². The van der Waals surface area contributed by atoms with Crippen LogP contribution in [0.5, 0.6) is 0 Å². The number of nitrogens with two attached hydrogens (primary N) is 1. The number of anilines is 1. The molecule has 3 rings (SSSR count). The number of aromatic nitrogens is 4. The Kier molecular flexibility index (Phi) is 3.26. The van der Waals surface area contributed by atoms with Crippen LogP contribution >= 0.6 is 0 Å². The Balaban J connectivity index is 1.97. The van der Waals surface area contributed by atoms with E-state index in [0.29, 0.717) is 16.7 Å². The highest BCUT2D eigenvalue weighted by Gasteiger charge is 2.44. The van der Waals surface area contributed by atoms with E-state index in [1.165, 1.54) is 6.33 Å². The summed E-state index contributed by atoms with van der Waals surface area (Å²) in [6.45, 7) is -0.139. The maximum absolute atomic E-state index is 10.1. The molecule has 9 heteroatoms. The van der Waals surface area contributed by atoms with Gasteiger partial charge in [0.2, 0.25) is 0 Å². The lowest BCUT2D eigenvalue weighted by Gasteiger charge is -2.12. The Labute approximate surface area is 113 Å². The lowest BCUT2D eigenvalue weighted by Crippen LogP contribution is -2.31. The average Bonchev–Trinajstić information content (AvgIpc) is 2.97. The minimum Gasteiger partial charge on any atom is -0.396 e. The molecule has 2 aromatic heterocycles. The lowest BCUT2D eigenvalue weighted by atomic mass is 10.0. The number of fused-ring (bicyclic) bond motifs is 1. The highest BCUT2D eigenvalue weighted by molar-refractivity contribution is 5.85. The molecule has 0 bridgehead atoms. The van der Waals surface area contributed by atoms with Gasteiger partial charge in [0.05, 0.1) is 11.8 Å². The summed E-state index contributed by atoms with van der Waals surface area (Å²) in [6.07, 6.45) is -2.13. The fourth-order valence-electron chi connectivity index (χ4n) is 2.42. The van der Waals surface area contributed by atoms with Gasteiger partial charge in [-0.3, -0.25) is 5.10 Å². The normalized spacial score (nSPS) is 30.1. The van der Waals surface area contributed by atoms with Crippen LogP contribution in [0.1, 0.15) is 18.2 Å². The number of hydrogen-bond donors (Lipinski definition) is 5. The molecule has 1 fully saturated rings. The van der Waals surface area contributed by atoms with E-state index in [4.69, 9.17) is 15.6 Å². The monoisotopic (exact) mass is 281 g/mol. The number of nitrogen functional groups attached to an aromatic ring is 1. The number of nitrogens with zero attached hydrogens (tertiary/aromatic N) is 3. The van der Waals surface area contributed by atoms with Crippen LogP contribution in [0.25, 0.3) is 11.0 Å². The van der Waals surface area contributed by atoms with Crippen LogP contribution in [-0.4, -0.2) is 60.4 Å². The third-order valence-electron chi connectivity index (χ3n) is 3.45. The van der Waals surface area contributed by atoms with Crippen molar-refractivity contribution >= 4 is 16.9 Å². The van der Waals surface area contributed by atoms with Crippen LogP contribution in [0.15, 0.2) is 6.33 Å². The molecule has 1 aliphatic rings. The van der Waals surface area contributed by atoms with Crippen molar-refractivity contribution in [3.63, 3.8) is 0 Å². The number of ether oxygens (including phenoxy) is 1. The minimum absolute atomic E-state index is 0.139. The summed E-state index contributed by atoms with van der Waals surface area (Å²) in [5.74, 6) is 0.220. The van der Waals surface area contributed by atoms with Gasteiger partial charge in [0.15, 0.2) is 11.3 Å². The quantitative estimate of drug-likeness (QED) is 0.455. The Morgan fingerprint density at radius 3 is 2.80 bits per heavy atom. The summed E-state index contributed by atoms with van der Waals surface area (Å²) < 4.78 is 5.59. The van der Waals surface area contributed by atoms with Gasteiger partial charge in [-0.15, -0.1) is 0 Å². The number of aliphatic hydroxyl groups excluding tert-OH is 3. The SMILES string of the molecule is Nc1ncnc2c([C@@H]3O[C@H](CCO)[C@@H](O)[C@H]3O)[nH]nc12. The minimum atomic E-state index is -1.13. The second kappa shape index (κ2) is 4.94. The summed E-state index contributed by atoms with van der Waals surface area (Å²) in [6, 6.07) is 0. The first-order chi connectivity index (χ1) is 9.63. The van der Waals surface area contributed by atoms with Crippen LogP contribution < -0.4 is 5.73 Å². The molecule has 3 heterocycles. The van der Waals surface area contributed by atoms with Crippen molar-refractivity contribution in [1.29, 1.82) is 0 Å². The van der Waals surface area contributed by atoms with Gasteiger partial charge in [0.1, 0.15) is 30.2 Å². The molecule has 0 aliphatic carbocycles. The summed E-state index contributed by atoms with van der Waals surface area (Å²) in [4.78, 5) is 7.89. The van der Waals surface area contributed by atoms with E-state index in [1.807, 2.05) is 0 Å². The van der Waals surface area contributed by atoms with E-state index >= 15 is 0 Å². The summed E-state index contributed by atoms with van der Waals surface area (Å²) >= 11 is 0. The van der Waals surface area contributed by atoms with Gasteiger partial charge < -0.3 is 25.8 Å². The van der Waals surface area contributed by atoms with E-state index in [1.54, 1.807) is 0 Å². The second-order valence-electron chi connectivity index (χ2n) is 4.68. The molecule has 1 saturated heterocycles. The molecule has 20 heavy (non-hydrogen) atoms.